The third-order valence-electron chi connectivity index (χ3n) is 3.41. The van der Waals surface area contributed by atoms with Gasteiger partial charge in [0, 0.05) is 18.6 Å². The van der Waals surface area contributed by atoms with Crippen molar-refractivity contribution in [1.82, 2.24) is 10.2 Å². The van der Waals surface area contributed by atoms with Crippen LogP contribution in [0.2, 0.25) is 0 Å². The van der Waals surface area contributed by atoms with E-state index in [1.54, 1.807) is 0 Å². The summed E-state index contributed by atoms with van der Waals surface area (Å²) in [4.78, 5) is 14.2. The van der Waals surface area contributed by atoms with Gasteiger partial charge in [0.15, 0.2) is 0 Å². The van der Waals surface area contributed by atoms with Crippen LogP contribution in [0.15, 0.2) is 0 Å². The van der Waals surface area contributed by atoms with Gasteiger partial charge < -0.3 is 11.1 Å². The van der Waals surface area contributed by atoms with Crippen molar-refractivity contribution >= 4 is 5.91 Å². The van der Waals surface area contributed by atoms with Crippen LogP contribution in [0.3, 0.4) is 0 Å². The minimum Gasteiger partial charge on any atom is -0.352 e. The fourth-order valence-electron chi connectivity index (χ4n) is 2.08. The van der Waals surface area contributed by atoms with Gasteiger partial charge in [0.05, 0.1) is 6.54 Å². The zero-order valence-electron chi connectivity index (χ0n) is 11.2. The first-order chi connectivity index (χ1) is 8.21. The van der Waals surface area contributed by atoms with Crippen molar-refractivity contribution in [3.63, 3.8) is 0 Å². The summed E-state index contributed by atoms with van der Waals surface area (Å²) in [6.45, 7) is 6.43. The van der Waals surface area contributed by atoms with Crippen molar-refractivity contribution in [1.29, 1.82) is 0 Å². The quantitative estimate of drug-likeness (QED) is 0.635. The number of carbonyl (C=O) groups is 1. The number of rotatable bonds is 9. The lowest BCUT2D eigenvalue weighted by Gasteiger charge is -2.23. The molecule has 4 nitrogen and oxygen atoms in total. The highest BCUT2D eigenvalue weighted by Gasteiger charge is 2.29. The monoisotopic (exact) mass is 241 g/mol. The van der Waals surface area contributed by atoms with Crippen LogP contribution in [0.4, 0.5) is 0 Å². The van der Waals surface area contributed by atoms with Crippen LogP contribution in [-0.2, 0) is 4.79 Å². The van der Waals surface area contributed by atoms with Crippen LogP contribution in [0.5, 0.6) is 0 Å². The molecule has 0 radical (unpaired) electrons. The first-order valence-corrected chi connectivity index (χ1v) is 6.94. The largest absolute Gasteiger partial charge is 0.352 e. The average Bonchev–Trinajstić information content (AvgIpc) is 3.15. The molecule has 0 bridgehead atoms. The van der Waals surface area contributed by atoms with Crippen molar-refractivity contribution in [3.05, 3.63) is 0 Å². The van der Waals surface area contributed by atoms with E-state index in [1.807, 2.05) is 0 Å². The highest BCUT2D eigenvalue weighted by Crippen LogP contribution is 2.26. The molecule has 0 aliphatic heterocycles. The molecule has 3 N–H and O–H groups in total. The number of carbonyl (C=O) groups excluding carboxylic acids is 1. The molecule has 1 rings (SSSR count). The molecule has 1 saturated carbocycles. The van der Waals surface area contributed by atoms with Crippen molar-refractivity contribution in [2.24, 2.45) is 5.73 Å². The SMILES string of the molecule is CCC(CC)NC(=O)CN(CCCN)C1CC1. The van der Waals surface area contributed by atoms with Crippen molar-refractivity contribution < 1.29 is 4.79 Å². The highest BCUT2D eigenvalue weighted by molar-refractivity contribution is 5.78. The summed E-state index contributed by atoms with van der Waals surface area (Å²) in [5.74, 6) is 0.169. The van der Waals surface area contributed by atoms with E-state index < -0.39 is 0 Å². The lowest BCUT2D eigenvalue weighted by molar-refractivity contribution is -0.123. The van der Waals surface area contributed by atoms with Gasteiger partial charge in [-0.3, -0.25) is 9.69 Å². The molecule has 0 unspecified atom stereocenters. The Morgan fingerprint density at radius 1 is 1.41 bits per heavy atom. The molecule has 17 heavy (non-hydrogen) atoms. The molecule has 0 spiro atoms. The molecule has 1 amide bonds. The maximum atomic E-state index is 11.9. The number of amides is 1. The van der Waals surface area contributed by atoms with E-state index in [0.717, 1.165) is 25.8 Å². The van der Waals surface area contributed by atoms with E-state index in [1.165, 1.54) is 12.8 Å². The summed E-state index contributed by atoms with van der Waals surface area (Å²) in [6, 6.07) is 0.965. The van der Waals surface area contributed by atoms with Crippen molar-refractivity contribution in [2.75, 3.05) is 19.6 Å². The average molecular weight is 241 g/mol. The Morgan fingerprint density at radius 3 is 2.53 bits per heavy atom. The minimum atomic E-state index is 0.169. The van der Waals surface area contributed by atoms with E-state index >= 15 is 0 Å². The Morgan fingerprint density at radius 2 is 2.06 bits per heavy atom. The first kappa shape index (κ1) is 14.5. The molecule has 0 aromatic rings. The first-order valence-electron chi connectivity index (χ1n) is 6.94. The van der Waals surface area contributed by atoms with E-state index in [0.29, 0.717) is 25.2 Å². The van der Waals surface area contributed by atoms with Gasteiger partial charge in [0.25, 0.3) is 0 Å². The van der Waals surface area contributed by atoms with Gasteiger partial charge in [0.1, 0.15) is 0 Å². The molecule has 0 atom stereocenters. The van der Waals surface area contributed by atoms with Crippen LogP contribution >= 0.6 is 0 Å². The van der Waals surface area contributed by atoms with Gasteiger partial charge in [-0.25, -0.2) is 0 Å². The number of hydrogen-bond donors (Lipinski definition) is 2. The lowest BCUT2D eigenvalue weighted by Crippen LogP contribution is -2.43. The number of hydrogen-bond acceptors (Lipinski definition) is 3. The van der Waals surface area contributed by atoms with Crippen LogP contribution in [0.1, 0.15) is 46.0 Å². The molecule has 1 fully saturated rings. The Labute approximate surface area is 105 Å². The predicted molar refractivity (Wildman–Crippen MR) is 70.8 cm³/mol. The standard InChI is InChI=1S/C13H27N3O/c1-3-11(4-2)15-13(17)10-16(9-5-8-14)12-6-7-12/h11-12H,3-10,14H2,1-2H3,(H,15,17). The third-order valence-corrected chi connectivity index (χ3v) is 3.41. The third kappa shape index (κ3) is 5.50. The number of nitrogens with zero attached hydrogens (tertiary/aromatic N) is 1. The number of nitrogens with two attached hydrogens (primary N) is 1. The predicted octanol–water partition coefficient (Wildman–Crippen LogP) is 1.10. The van der Waals surface area contributed by atoms with E-state index in [9.17, 15) is 4.79 Å². The molecule has 0 aromatic heterocycles. The summed E-state index contributed by atoms with van der Waals surface area (Å²) in [6.07, 6.45) is 5.48. The van der Waals surface area contributed by atoms with Gasteiger partial charge >= 0.3 is 0 Å². The fourth-order valence-corrected chi connectivity index (χ4v) is 2.08. The lowest BCUT2D eigenvalue weighted by atomic mass is 10.2. The molecule has 0 saturated heterocycles. The Bertz CT molecular complexity index is 225. The Hall–Kier alpha value is -0.610. The van der Waals surface area contributed by atoms with Crippen LogP contribution in [0.25, 0.3) is 0 Å². The van der Waals surface area contributed by atoms with E-state index in [-0.39, 0.29) is 5.91 Å². The van der Waals surface area contributed by atoms with Gasteiger partial charge in [-0.05, 0) is 38.6 Å². The Balaban J connectivity index is 2.30. The maximum Gasteiger partial charge on any atom is 0.234 e. The smallest absolute Gasteiger partial charge is 0.234 e. The van der Waals surface area contributed by atoms with Crippen LogP contribution < -0.4 is 11.1 Å². The summed E-state index contributed by atoms with van der Waals surface area (Å²) in [5.41, 5.74) is 5.52. The summed E-state index contributed by atoms with van der Waals surface area (Å²) < 4.78 is 0. The summed E-state index contributed by atoms with van der Waals surface area (Å²) in [7, 11) is 0. The topological polar surface area (TPSA) is 58.4 Å². The van der Waals surface area contributed by atoms with E-state index in [4.69, 9.17) is 5.73 Å². The van der Waals surface area contributed by atoms with Gasteiger partial charge in [-0.1, -0.05) is 13.8 Å². The molecular formula is C13H27N3O. The zero-order chi connectivity index (χ0) is 12.7. The second-order valence-corrected chi connectivity index (χ2v) is 4.92. The van der Waals surface area contributed by atoms with Crippen LogP contribution in [-0.4, -0.2) is 42.5 Å². The zero-order valence-corrected chi connectivity index (χ0v) is 11.2. The summed E-state index contributed by atoms with van der Waals surface area (Å²) >= 11 is 0. The maximum absolute atomic E-state index is 11.9. The molecule has 0 aromatic carbocycles. The van der Waals surface area contributed by atoms with Gasteiger partial charge in [0.2, 0.25) is 5.91 Å². The van der Waals surface area contributed by atoms with Crippen molar-refractivity contribution in [3.8, 4) is 0 Å². The molecule has 1 aliphatic carbocycles. The molecular weight excluding hydrogens is 214 g/mol. The molecule has 4 heteroatoms. The molecule has 0 heterocycles. The number of nitrogens with one attached hydrogen (secondary N) is 1. The van der Waals surface area contributed by atoms with Crippen LogP contribution in [0, 0.1) is 0 Å². The summed E-state index contributed by atoms with van der Waals surface area (Å²) in [5, 5.41) is 3.09. The second-order valence-electron chi connectivity index (χ2n) is 4.92. The van der Waals surface area contributed by atoms with E-state index in [2.05, 4.69) is 24.1 Å². The fraction of sp³-hybridized carbons (Fsp3) is 0.923. The van der Waals surface area contributed by atoms with Gasteiger partial charge in [-0.2, -0.15) is 0 Å². The second kappa shape index (κ2) is 7.67. The molecule has 100 valence electrons. The normalized spacial score (nSPS) is 15.6. The Kier molecular flexibility index (Phi) is 6.52. The minimum absolute atomic E-state index is 0.169. The van der Waals surface area contributed by atoms with Crippen molar-refractivity contribution in [2.45, 2.75) is 58.0 Å². The highest BCUT2D eigenvalue weighted by atomic mass is 16.2. The van der Waals surface area contributed by atoms with Gasteiger partial charge in [-0.15, -0.1) is 0 Å². The molecule has 1 aliphatic rings.